The molecule has 0 amide bonds. The molecule has 4 aromatic rings. The zero-order valence-corrected chi connectivity index (χ0v) is 24.4. The molecule has 0 saturated heterocycles. The van der Waals surface area contributed by atoms with Crippen LogP contribution in [0.4, 0.5) is 11.4 Å². The van der Waals surface area contributed by atoms with Gasteiger partial charge in [-0.15, -0.1) is 5.11 Å². The molecule has 0 aliphatic heterocycles. The molecule has 0 spiro atoms. The summed E-state index contributed by atoms with van der Waals surface area (Å²) in [7, 11) is 0. The molecule has 0 aliphatic rings. The first-order valence-corrected chi connectivity index (χ1v) is 14.2. The minimum absolute atomic E-state index is 0.0691. The molecule has 0 N–H and O–H groups in total. The summed E-state index contributed by atoms with van der Waals surface area (Å²) in [6.45, 7) is 7.66. The number of ether oxygens (including phenoxy) is 5. The zero-order valence-electron chi connectivity index (χ0n) is 24.4. The third kappa shape index (κ3) is 9.16. The monoisotopic (exact) mass is 582 g/mol. The largest absolute Gasteiger partial charge is 0.494 e. The molecule has 0 radical (unpaired) electrons. The van der Waals surface area contributed by atoms with Crippen LogP contribution in [-0.4, -0.2) is 31.8 Å². The lowest BCUT2D eigenvalue weighted by atomic mass is 10.2. The normalized spacial score (nSPS) is 10.8. The summed E-state index contributed by atoms with van der Waals surface area (Å²) in [5.74, 6) is 1.08. The van der Waals surface area contributed by atoms with Gasteiger partial charge in [0.2, 0.25) is 0 Å². The van der Waals surface area contributed by atoms with Gasteiger partial charge in [-0.3, -0.25) is 0 Å². The van der Waals surface area contributed by atoms with Crippen LogP contribution in [-0.2, 0) is 0 Å². The van der Waals surface area contributed by atoms with Crippen molar-refractivity contribution >= 4 is 23.3 Å². The molecule has 0 bridgehead atoms. The third-order valence-electron chi connectivity index (χ3n) is 5.89. The van der Waals surface area contributed by atoms with E-state index in [0.29, 0.717) is 48.1 Å². The van der Waals surface area contributed by atoms with E-state index < -0.39 is 11.9 Å². The molecule has 4 rings (SSSR count). The fourth-order valence-corrected chi connectivity index (χ4v) is 3.75. The first-order chi connectivity index (χ1) is 21.0. The van der Waals surface area contributed by atoms with Gasteiger partial charge < -0.3 is 23.7 Å². The van der Waals surface area contributed by atoms with Crippen molar-refractivity contribution in [3.8, 4) is 28.7 Å². The average Bonchev–Trinajstić information content (AvgIpc) is 3.03. The van der Waals surface area contributed by atoms with Crippen molar-refractivity contribution in [3.63, 3.8) is 0 Å². The number of rotatable bonds is 14. The van der Waals surface area contributed by atoms with Gasteiger partial charge in [-0.25, -0.2) is 9.59 Å². The molecule has 9 heteroatoms. The Hall–Kier alpha value is -5.18. The Kier molecular flexibility index (Phi) is 11.2. The summed E-state index contributed by atoms with van der Waals surface area (Å²) in [4.78, 5) is 25.9. The highest BCUT2D eigenvalue weighted by Crippen LogP contribution is 2.34. The molecule has 0 fully saturated rings. The summed E-state index contributed by atoms with van der Waals surface area (Å²) in [6.07, 6.45) is 1.75. The maximum absolute atomic E-state index is 13.1. The quantitative estimate of drug-likeness (QED) is 0.0833. The van der Waals surface area contributed by atoms with Gasteiger partial charge in [0.15, 0.2) is 5.75 Å². The van der Waals surface area contributed by atoms with Crippen molar-refractivity contribution in [1.29, 1.82) is 0 Å². The highest BCUT2D eigenvalue weighted by atomic mass is 16.5. The Morgan fingerprint density at radius 1 is 0.558 bits per heavy atom. The van der Waals surface area contributed by atoms with Crippen LogP contribution < -0.4 is 23.7 Å². The standard InChI is InChI=1S/C34H34N2O7/c1-4-21-40-28-13-7-24(8-14-28)33(37)42-30-19-20-31(36-35-26-11-17-27(18-12-26)39-6-3)32(23-30)43-34(38)25-9-15-29(16-10-25)41-22-5-2/h7-20,23H,4-6,21-22H2,1-3H3. The molecule has 43 heavy (non-hydrogen) atoms. The minimum atomic E-state index is -0.620. The van der Waals surface area contributed by atoms with Crippen molar-refractivity contribution in [1.82, 2.24) is 0 Å². The van der Waals surface area contributed by atoms with Gasteiger partial charge in [-0.1, -0.05) is 13.8 Å². The predicted molar refractivity (Wildman–Crippen MR) is 163 cm³/mol. The highest BCUT2D eigenvalue weighted by Gasteiger charge is 2.16. The average molecular weight is 583 g/mol. The molecule has 0 unspecified atom stereocenters. The molecule has 9 nitrogen and oxygen atoms in total. The number of esters is 2. The van der Waals surface area contributed by atoms with Gasteiger partial charge in [-0.05, 0) is 105 Å². The van der Waals surface area contributed by atoms with Crippen molar-refractivity contribution < 1.29 is 33.3 Å². The minimum Gasteiger partial charge on any atom is -0.494 e. The van der Waals surface area contributed by atoms with Gasteiger partial charge in [0, 0.05) is 6.07 Å². The van der Waals surface area contributed by atoms with Crippen LogP contribution >= 0.6 is 0 Å². The van der Waals surface area contributed by atoms with Gasteiger partial charge in [0.1, 0.15) is 28.7 Å². The molecular formula is C34H34N2O7. The van der Waals surface area contributed by atoms with Gasteiger partial charge in [0.25, 0.3) is 0 Å². The van der Waals surface area contributed by atoms with E-state index in [0.717, 1.165) is 18.6 Å². The lowest BCUT2D eigenvalue weighted by Crippen LogP contribution is -2.10. The van der Waals surface area contributed by atoms with E-state index in [-0.39, 0.29) is 17.2 Å². The van der Waals surface area contributed by atoms with Crippen LogP contribution in [0.1, 0.15) is 54.3 Å². The summed E-state index contributed by atoms with van der Waals surface area (Å²) in [6, 6.07) is 25.0. The van der Waals surface area contributed by atoms with Crippen molar-refractivity contribution in [2.45, 2.75) is 33.6 Å². The number of nitrogens with zero attached hydrogens (tertiary/aromatic N) is 2. The maximum atomic E-state index is 13.1. The van der Waals surface area contributed by atoms with E-state index in [2.05, 4.69) is 10.2 Å². The topological polar surface area (TPSA) is 105 Å². The van der Waals surface area contributed by atoms with Crippen LogP contribution in [0.25, 0.3) is 0 Å². The van der Waals surface area contributed by atoms with E-state index in [1.54, 1.807) is 84.9 Å². The van der Waals surface area contributed by atoms with Gasteiger partial charge in [-0.2, -0.15) is 5.11 Å². The first-order valence-electron chi connectivity index (χ1n) is 14.2. The molecule has 0 heterocycles. The van der Waals surface area contributed by atoms with Crippen molar-refractivity contribution in [3.05, 3.63) is 102 Å². The van der Waals surface area contributed by atoms with E-state index in [9.17, 15) is 9.59 Å². The number of hydrogen-bond acceptors (Lipinski definition) is 9. The Morgan fingerprint density at radius 3 is 1.58 bits per heavy atom. The zero-order chi connectivity index (χ0) is 30.4. The third-order valence-corrected chi connectivity index (χ3v) is 5.89. The van der Waals surface area contributed by atoms with Crippen molar-refractivity contribution in [2.24, 2.45) is 10.2 Å². The number of carbonyl (C=O) groups excluding carboxylic acids is 2. The van der Waals surface area contributed by atoms with Crippen LogP contribution in [0.15, 0.2) is 101 Å². The Morgan fingerprint density at radius 2 is 1.05 bits per heavy atom. The predicted octanol–water partition coefficient (Wildman–Crippen LogP) is 8.52. The van der Waals surface area contributed by atoms with Crippen LogP contribution in [0.3, 0.4) is 0 Å². The summed E-state index contributed by atoms with van der Waals surface area (Å²) >= 11 is 0. The molecule has 0 aromatic heterocycles. The molecule has 222 valence electrons. The second-order valence-corrected chi connectivity index (χ2v) is 9.28. The second kappa shape index (κ2) is 15.7. The van der Waals surface area contributed by atoms with E-state index >= 15 is 0 Å². The van der Waals surface area contributed by atoms with Gasteiger partial charge >= 0.3 is 11.9 Å². The first kappa shape index (κ1) is 30.8. The lowest BCUT2D eigenvalue weighted by Gasteiger charge is -2.11. The number of carbonyl (C=O) groups is 2. The lowest BCUT2D eigenvalue weighted by molar-refractivity contribution is 0.0733. The van der Waals surface area contributed by atoms with E-state index in [1.165, 1.54) is 6.07 Å². The molecule has 0 aliphatic carbocycles. The summed E-state index contributed by atoms with van der Waals surface area (Å²) in [5, 5.41) is 8.56. The maximum Gasteiger partial charge on any atom is 0.343 e. The Labute approximate surface area is 251 Å². The Bertz CT molecular complexity index is 1520. The second-order valence-electron chi connectivity index (χ2n) is 9.28. The number of hydrogen-bond donors (Lipinski definition) is 0. The fourth-order valence-electron chi connectivity index (χ4n) is 3.75. The molecule has 0 saturated carbocycles. The van der Waals surface area contributed by atoms with E-state index in [1.807, 2.05) is 20.8 Å². The number of benzene rings is 4. The Balaban J connectivity index is 1.55. The highest BCUT2D eigenvalue weighted by molar-refractivity contribution is 5.93. The summed E-state index contributed by atoms with van der Waals surface area (Å²) < 4.78 is 27.9. The number of azo groups is 1. The van der Waals surface area contributed by atoms with Gasteiger partial charge in [0.05, 0.1) is 36.6 Å². The molecule has 4 aromatic carbocycles. The van der Waals surface area contributed by atoms with Crippen LogP contribution in [0.2, 0.25) is 0 Å². The van der Waals surface area contributed by atoms with E-state index in [4.69, 9.17) is 23.7 Å². The molecular weight excluding hydrogens is 548 g/mol. The fraction of sp³-hybridized carbons (Fsp3) is 0.235. The molecule has 0 atom stereocenters. The van der Waals surface area contributed by atoms with Crippen molar-refractivity contribution in [2.75, 3.05) is 19.8 Å². The SMILES string of the molecule is CCCOc1ccc(C(=O)Oc2ccc(N=Nc3ccc(OCC)cc3)c(OC(=O)c3ccc(OCCC)cc3)c2)cc1. The smallest absolute Gasteiger partial charge is 0.343 e. The van der Waals surface area contributed by atoms with Crippen LogP contribution in [0, 0.1) is 0 Å². The summed E-state index contributed by atoms with van der Waals surface area (Å²) in [5.41, 5.74) is 1.49. The van der Waals surface area contributed by atoms with Crippen LogP contribution in [0.5, 0.6) is 28.7 Å².